The maximum Gasteiger partial charge on any atom is 0.119 e. The van der Waals surface area contributed by atoms with E-state index in [1.54, 1.807) is 7.11 Å². The van der Waals surface area contributed by atoms with Crippen LogP contribution in [0.3, 0.4) is 0 Å². The Bertz CT molecular complexity index is 371. The molecule has 1 atom stereocenters. The number of nitrogens with one attached hydrogen (secondary N) is 1. The van der Waals surface area contributed by atoms with Gasteiger partial charge >= 0.3 is 0 Å². The van der Waals surface area contributed by atoms with E-state index in [-0.39, 0.29) is 0 Å². The van der Waals surface area contributed by atoms with Gasteiger partial charge in [0.05, 0.1) is 7.11 Å². The predicted octanol–water partition coefficient (Wildman–Crippen LogP) is 3.49. The molecule has 0 aliphatic heterocycles. The van der Waals surface area contributed by atoms with Crippen LogP contribution in [0.1, 0.15) is 32.8 Å². The van der Waals surface area contributed by atoms with E-state index in [0.717, 1.165) is 18.7 Å². The topological polar surface area (TPSA) is 21.3 Å². The first kappa shape index (κ1) is 13.8. The molecule has 0 heterocycles. The number of hydrogen-bond donors (Lipinski definition) is 1. The molecule has 1 unspecified atom stereocenters. The minimum Gasteiger partial charge on any atom is -0.497 e. The lowest BCUT2D eigenvalue weighted by atomic mass is 10.1. The molecule has 0 fully saturated rings. The van der Waals surface area contributed by atoms with Gasteiger partial charge in [0, 0.05) is 6.04 Å². The molecule has 0 aliphatic rings. The summed E-state index contributed by atoms with van der Waals surface area (Å²) in [5.74, 6) is 0.903. The largest absolute Gasteiger partial charge is 0.497 e. The zero-order valence-electron chi connectivity index (χ0n) is 11.3. The number of hydrogen-bond acceptors (Lipinski definition) is 2. The highest BCUT2D eigenvalue weighted by Crippen LogP contribution is 2.16. The molecule has 94 valence electrons. The molecule has 1 rings (SSSR count). The Morgan fingerprint density at radius 2 is 2.24 bits per heavy atom. The summed E-state index contributed by atoms with van der Waals surface area (Å²) in [6.45, 7) is 7.60. The first-order chi connectivity index (χ1) is 8.17. The average Bonchev–Trinajstić information content (AvgIpc) is 2.36. The molecule has 0 aromatic heterocycles. The number of methoxy groups -OCH3 is 1. The molecule has 0 aliphatic carbocycles. The predicted molar refractivity (Wildman–Crippen MR) is 74.4 cm³/mol. The Morgan fingerprint density at radius 1 is 1.47 bits per heavy atom. The minimum absolute atomic E-state index is 0.418. The van der Waals surface area contributed by atoms with E-state index in [2.05, 4.69) is 44.3 Å². The lowest BCUT2D eigenvalue weighted by molar-refractivity contribution is 0.414. The first-order valence-corrected chi connectivity index (χ1v) is 6.23. The fraction of sp³-hybridized carbons (Fsp3) is 0.467. The Labute approximate surface area is 105 Å². The zero-order valence-corrected chi connectivity index (χ0v) is 11.3. The highest BCUT2D eigenvalue weighted by molar-refractivity contribution is 5.55. The smallest absolute Gasteiger partial charge is 0.119 e. The molecule has 0 radical (unpaired) electrons. The van der Waals surface area contributed by atoms with Crippen LogP contribution in [0.15, 0.2) is 29.8 Å². The number of rotatable bonds is 6. The molecule has 0 bridgehead atoms. The second kappa shape index (κ2) is 7.13. The summed E-state index contributed by atoms with van der Waals surface area (Å²) in [6.07, 6.45) is 3.37. The Kier molecular flexibility index (Phi) is 5.78. The molecule has 0 saturated carbocycles. The molecule has 0 saturated heterocycles. The Hall–Kier alpha value is -1.28. The van der Waals surface area contributed by atoms with Crippen LogP contribution >= 0.6 is 0 Å². The van der Waals surface area contributed by atoms with Gasteiger partial charge < -0.3 is 10.1 Å². The van der Waals surface area contributed by atoms with Crippen LogP contribution in [0, 0.1) is 0 Å². The van der Waals surface area contributed by atoms with Crippen molar-refractivity contribution in [2.75, 3.05) is 13.7 Å². The molecule has 0 amide bonds. The van der Waals surface area contributed by atoms with Crippen LogP contribution in [-0.4, -0.2) is 19.7 Å². The molecule has 2 heteroatoms. The standard InChI is InChI=1S/C15H23NO/c1-5-9-16-13(3)12(2)10-14-7-6-8-15(11-14)17-4/h6-8,10-11,13,16H,5,9H2,1-4H3/b12-10+. The van der Waals surface area contributed by atoms with Gasteiger partial charge in [-0.05, 0) is 44.5 Å². The summed E-state index contributed by atoms with van der Waals surface area (Å²) in [5, 5.41) is 3.48. The van der Waals surface area contributed by atoms with Gasteiger partial charge in [0.25, 0.3) is 0 Å². The third-order valence-electron chi connectivity index (χ3n) is 2.87. The van der Waals surface area contributed by atoms with E-state index in [4.69, 9.17) is 4.74 Å². The summed E-state index contributed by atoms with van der Waals surface area (Å²) in [5.41, 5.74) is 2.53. The number of ether oxygens (including phenoxy) is 1. The van der Waals surface area contributed by atoms with E-state index < -0.39 is 0 Å². The third kappa shape index (κ3) is 4.61. The monoisotopic (exact) mass is 233 g/mol. The molecular weight excluding hydrogens is 210 g/mol. The van der Waals surface area contributed by atoms with Crippen molar-refractivity contribution >= 4 is 6.08 Å². The van der Waals surface area contributed by atoms with Gasteiger partial charge in [0.15, 0.2) is 0 Å². The molecule has 1 aromatic rings. The summed E-state index contributed by atoms with van der Waals surface area (Å²) < 4.78 is 5.22. The maximum absolute atomic E-state index is 5.22. The van der Waals surface area contributed by atoms with Crippen molar-refractivity contribution in [3.63, 3.8) is 0 Å². The van der Waals surface area contributed by atoms with Gasteiger partial charge in [0.2, 0.25) is 0 Å². The summed E-state index contributed by atoms with van der Waals surface area (Å²) in [4.78, 5) is 0. The van der Waals surface area contributed by atoms with Gasteiger partial charge in [-0.3, -0.25) is 0 Å². The van der Waals surface area contributed by atoms with Gasteiger partial charge in [-0.1, -0.05) is 30.7 Å². The van der Waals surface area contributed by atoms with E-state index in [0.29, 0.717) is 6.04 Å². The van der Waals surface area contributed by atoms with Crippen LogP contribution < -0.4 is 10.1 Å². The first-order valence-electron chi connectivity index (χ1n) is 6.23. The molecule has 0 spiro atoms. The van der Waals surface area contributed by atoms with E-state index in [9.17, 15) is 0 Å². The van der Waals surface area contributed by atoms with Crippen molar-refractivity contribution in [2.24, 2.45) is 0 Å². The van der Waals surface area contributed by atoms with Gasteiger partial charge in [-0.15, -0.1) is 0 Å². The van der Waals surface area contributed by atoms with Crippen molar-refractivity contribution < 1.29 is 4.74 Å². The van der Waals surface area contributed by atoms with Crippen molar-refractivity contribution in [1.82, 2.24) is 5.32 Å². The van der Waals surface area contributed by atoms with E-state index in [1.165, 1.54) is 11.1 Å². The maximum atomic E-state index is 5.22. The van der Waals surface area contributed by atoms with Gasteiger partial charge in [0.1, 0.15) is 5.75 Å². The van der Waals surface area contributed by atoms with Crippen molar-refractivity contribution in [3.8, 4) is 5.75 Å². The van der Waals surface area contributed by atoms with Crippen LogP contribution in [0.25, 0.3) is 6.08 Å². The summed E-state index contributed by atoms with van der Waals surface area (Å²) in [6, 6.07) is 8.54. The second-order valence-corrected chi connectivity index (χ2v) is 4.34. The normalized spacial score (nSPS) is 13.5. The molecular formula is C15H23NO. The zero-order chi connectivity index (χ0) is 12.7. The average molecular weight is 233 g/mol. The highest BCUT2D eigenvalue weighted by Gasteiger charge is 2.02. The third-order valence-corrected chi connectivity index (χ3v) is 2.87. The van der Waals surface area contributed by atoms with Crippen LogP contribution in [0.4, 0.5) is 0 Å². The van der Waals surface area contributed by atoms with Crippen LogP contribution in [0.5, 0.6) is 5.75 Å². The van der Waals surface area contributed by atoms with E-state index in [1.807, 2.05) is 12.1 Å². The van der Waals surface area contributed by atoms with Crippen LogP contribution in [0.2, 0.25) is 0 Å². The van der Waals surface area contributed by atoms with Gasteiger partial charge in [-0.25, -0.2) is 0 Å². The molecule has 1 aromatic carbocycles. The fourth-order valence-corrected chi connectivity index (χ4v) is 1.64. The highest BCUT2D eigenvalue weighted by atomic mass is 16.5. The quantitative estimate of drug-likeness (QED) is 0.812. The Morgan fingerprint density at radius 3 is 2.88 bits per heavy atom. The SMILES string of the molecule is CCCNC(C)/C(C)=C/c1cccc(OC)c1. The lowest BCUT2D eigenvalue weighted by Gasteiger charge is -2.14. The van der Waals surface area contributed by atoms with Crippen molar-refractivity contribution in [1.29, 1.82) is 0 Å². The second-order valence-electron chi connectivity index (χ2n) is 4.34. The van der Waals surface area contributed by atoms with Crippen LogP contribution in [-0.2, 0) is 0 Å². The van der Waals surface area contributed by atoms with Gasteiger partial charge in [-0.2, -0.15) is 0 Å². The van der Waals surface area contributed by atoms with E-state index >= 15 is 0 Å². The minimum atomic E-state index is 0.418. The van der Waals surface area contributed by atoms with Crippen molar-refractivity contribution in [3.05, 3.63) is 35.4 Å². The lowest BCUT2D eigenvalue weighted by Crippen LogP contribution is -2.27. The number of benzene rings is 1. The summed E-state index contributed by atoms with van der Waals surface area (Å²) >= 11 is 0. The van der Waals surface area contributed by atoms with Crippen molar-refractivity contribution in [2.45, 2.75) is 33.2 Å². The molecule has 17 heavy (non-hydrogen) atoms. The fourth-order valence-electron chi connectivity index (χ4n) is 1.64. The molecule has 1 N–H and O–H groups in total. The Balaban J connectivity index is 2.72. The molecule has 2 nitrogen and oxygen atoms in total. The summed E-state index contributed by atoms with van der Waals surface area (Å²) in [7, 11) is 1.70.